The summed E-state index contributed by atoms with van der Waals surface area (Å²) in [6, 6.07) is 11.0. The second kappa shape index (κ2) is 7.62. The first-order valence-electron chi connectivity index (χ1n) is 7.71. The number of hydrogen-bond donors (Lipinski definition) is 2. The van der Waals surface area contributed by atoms with Crippen molar-refractivity contribution in [1.29, 1.82) is 0 Å². The molecule has 3 rings (SSSR count). The van der Waals surface area contributed by atoms with Gasteiger partial charge in [0.05, 0.1) is 12.0 Å². The summed E-state index contributed by atoms with van der Waals surface area (Å²) in [5.74, 6) is 1.30. The number of nitrogens with one attached hydrogen (secondary N) is 2. The van der Waals surface area contributed by atoms with Crippen molar-refractivity contribution in [3.8, 4) is 16.5 Å². The number of thiophene rings is 1. The van der Waals surface area contributed by atoms with Crippen LogP contribution in [0.1, 0.15) is 18.5 Å². The van der Waals surface area contributed by atoms with Crippen LogP contribution < -0.4 is 10.1 Å². The van der Waals surface area contributed by atoms with E-state index in [-0.39, 0.29) is 5.91 Å². The number of hydrogen-bond acceptors (Lipinski definition) is 5. The number of H-pyrrole nitrogens is 1. The predicted molar refractivity (Wildman–Crippen MR) is 100 cm³/mol. The van der Waals surface area contributed by atoms with E-state index in [9.17, 15) is 4.79 Å². The standard InChI is InChI=1S/C17H18N4O2S2/c1-11(16(22)18-10-12-5-3-6-13(9-12)23-2)21-15(19-20-17(21)24)14-7-4-8-25-14/h3-9,11H,10H2,1-2H3,(H,18,22)(H,20,24)/t11-/m0/s1. The summed E-state index contributed by atoms with van der Waals surface area (Å²) >= 11 is 6.86. The van der Waals surface area contributed by atoms with Crippen LogP contribution >= 0.6 is 23.6 Å². The zero-order valence-corrected chi connectivity index (χ0v) is 15.5. The number of amides is 1. The minimum absolute atomic E-state index is 0.127. The van der Waals surface area contributed by atoms with Crippen molar-refractivity contribution in [3.05, 3.63) is 52.1 Å². The van der Waals surface area contributed by atoms with Crippen molar-refractivity contribution in [3.63, 3.8) is 0 Å². The summed E-state index contributed by atoms with van der Waals surface area (Å²) in [4.78, 5) is 13.6. The molecule has 2 aromatic heterocycles. The van der Waals surface area contributed by atoms with Gasteiger partial charge in [-0.05, 0) is 48.3 Å². The van der Waals surface area contributed by atoms with Crippen LogP contribution in [0.5, 0.6) is 5.75 Å². The molecule has 3 aromatic rings. The molecule has 6 nitrogen and oxygen atoms in total. The van der Waals surface area contributed by atoms with Crippen molar-refractivity contribution in [1.82, 2.24) is 20.1 Å². The first-order valence-corrected chi connectivity index (χ1v) is 9.00. The molecule has 0 aliphatic rings. The van der Waals surface area contributed by atoms with Gasteiger partial charge in [-0.2, -0.15) is 5.10 Å². The summed E-state index contributed by atoms with van der Waals surface area (Å²) in [5, 5.41) is 11.9. The van der Waals surface area contributed by atoms with Crippen LogP contribution in [0.3, 0.4) is 0 Å². The highest BCUT2D eigenvalue weighted by atomic mass is 32.1. The average molecular weight is 374 g/mol. The lowest BCUT2D eigenvalue weighted by Gasteiger charge is -2.15. The maximum absolute atomic E-state index is 12.6. The van der Waals surface area contributed by atoms with Gasteiger partial charge in [0.15, 0.2) is 10.6 Å². The molecule has 0 unspecified atom stereocenters. The lowest BCUT2D eigenvalue weighted by atomic mass is 10.2. The Labute approximate surface area is 154 Å². The molecule has 0 saturated heterocycles. The zero-order valence-electron chi connectivity index (χ0n) is 13.9. The average Bonchev–Trinajstić information content (AvgIpc) is 3.28. The third-order valence-electron chi connectivity index (χ3n) is 3.81. The van der Waals surface area contributed by atoms with Gasteiger partial charge in [-0.15, -0.1) is 11.3 Å². The van der Waals surface area contributed by atoms with Gasteiger partial charge in [-0.1, -0.05) is 18.2 Å². The van der Waals surface area contributed by atoms with E-state index in [1.165, 1.54) is 0 Å². The maximum Gasteiger partial charge on any atom is 0.243 e. The SMILES string of the molecule is COc1cccc(CNC(=O)[C@H](C)n2c(-c3cccs3)n[nH]c2=S)c1. The van der Waals surface area contributed by atoms with Gasteiger partial charge in [-0.3, -0.25) is 14.5 Å². The molecular formula is C17H18N4O2S2. The Morgan fingerprint density at radius 1 is 1.44 bits per heavy atom. The topological polar surface area (TPSA) is 71.9 Å². The third kappa shape index (κ3) is 3.80. The molecule has 1 amide bonds. The van der Waals surface area contributed by atoms with E-state index >= 15 is 0 Å². The first kappa shape index (κ1) is 17.4. The molecule has 2 heterocycles. The molecule has 0 saturated carbocycles. The van der Waals surface area contributed by atoms with Gasteiger partial charge in [0.25, 0.3) is 0 Å². The lowest BCUT2D eigenvalue weighted by molar-refractivity contribution is -0.124. The molecule has 0 radical (unpaired) electrons. The van der Waals surface area contributed by atoms with E-state index in [0.717, 1.165) is 16.2 Å². The minimum Gasteiger partial charge on any atom is -0.497 e. The quantitative estimate of drug-likeness (QED) is 0.647. The van der Waals surface area contributed by atoms with Gasteiger partial charge in [0, 0.05) is 6.54 Å². The molecule has 1 aromatic carbocycles. The van der Waals surface area contributed by atoms with Gasteiger partial charge in [-0.25, -0.2) is 0 Å². The van der Waals surface area contributed by atoms with E-state index < -0.39 is 6.04 Å². The molecule has 1 atom stereocenters. The van der Waals surface area contributed by atoms with E-state index in [1.807, 2.05) is 48.7 Å². The number of carbonyl (C=O) groups is 1. The number of carbonyl (C=O) groups excluding carboxylic acids is 1. The van der Waals surface area contributed by atoms with Crippen LogP contribution in [0, 0.1) is 4.77 Å². The number of ether oxygens (including phenoxy) is 1. The molecular weight excluding hydrogens is 356 g/mol. The predicted octanol–water partition coefficient (Wildman–Crippen LogP) is 3.56. The molecule has 130 valence electrons. The number of methoxy groups -OCH3 is 1. The Morgan fingerprint density at radius 2 is 2.28 bits per heavy atom. The van der Waals surface area contributed by atoms with Crippen molar-refractivity contribution in [2.75, 3.05) is 7.11 Å². The summed E-state index contributed by atoms with van der Waals surface area (Å²) in [6.45, 7) is 2.23. The molecule has 0 bridgehead atoms. The minimum atomic E-state index is -0.478. The number of aromatic nitrogens is 3. The normalized spacial score (nSPS) is 11.9. The fraction of sp³-hybridized carbons (Fsp3) is 0.235. The van der Waals surface area contributed by atoms with Crippen LogP contribution in [-0.4, -0.2) is 27.8 Å². The summed E-state index contributed by atoms with van der Waals surface area (Å²) < 4.78 is 7.36. The van der Waals surface area contributed by atoms with Crippen LogP contribution in [0.25, 0.3) is 10.7 Å². The van der Waals surface area contributed by atoms with Crippen molar-refractivity contribution in [2.24, 2.45) is 0 Å². The van der Waals surface area contributed by atoms with Gasteiger partial charge in [0.1, 0.15) is 11.8 Å². The monoisotopic (exact) mass is 374 g/mol. The smallest absolute Gasteiger partial charge is 0.243 e. The van der Waals surface area contributed by atoms with Crippen LogP contribution in [-0.2, 0) is 11.3 Å². The number of nitrogens with zero attached hydrogens (tertiary/aromatic N) is 2. The van der Waals surface area contributed by atoms with Crippen LogP contribution in [0.2, 0.25) is 0 Å². The highest BCUT2D eigenvalue weighted by molar-refractivity contribution is 7.71. The fourth-order valence-electron chi connectivity index (χ4n) is 2.48. The lowest BCUT2D eigenvalue weighted by Crippen LogP contribution is -2.31. The fourth-order valence-corrected chi connectivity index (χ4v) is 3.48. The molecule has 0 aliphatic carbocycles. The second-order valence-electron chi connectivity index (χ2n) is 5.44. The van der Waals surface area contributed by atoms with E-state index in [2.05, 4.69) is 15.5 Å². The van der Waals surface area contributed by atoms with Crippen molar-refractivity contribution < 1.29 is 9.53 Å². The van der Waals surface area contributed by atoms with Crippen molar-refractivity contribution >= 4 is 29.5 Å². The third-order valence-corrected chi connectivity index (χ3v) is 4.97. The van der Waals surface area contributed by atoms with Gasteiger partial charge >= 0.3 is 0 Å². The second-order valence-corrected chi connectivity index (χ2v) is 6.78. The Hall–Kier alpha value is -2.45. The summed E-state index contributed by atoms with van der Waals surface area (Å²) in [7, 11) is 1.62. The Morgan fingerprint density at radius 3 is 3.00 bits per heavy atom. The largest absolute Gasteiger partial charge is 0.497 e. The molecule has 0 aliphatic heterocycles. The van der Waals surface area contributed by atoms with Gasteiger partial charge < -0.3 is 10.1 Å². The molecule has 25 heavy (non-hydrogen) atoms. The number of rotatable bonds is 6. The van der Waals surface area contributed by atoms with Crippen LogP contribution in [0.4, 0.5) is 0 Å². The highest BCUT2D eigenvalue weighted by Crippen LogP contribution is 2.25. The summed E-state index contributed by atoms with van der Waals surface area (Å²) in [6.07, 6.45) is 0. The van der Waals surface area contributed by atoms with E-state index in [1.54, 1.807) is 23.0 Å². The maximum atomic E-state index is 12.6. The number of benzene rings is 1. The van der Waals surface area contributed by atoms with Crippen LogP contribution in [0.15, 0.2) is 41.8 Å². The van der Waals surface area contributed by atoms with Crippen molar-refractivity contribution in [2.45, 2.75) is 19.5 Å². The van der Waals surface area contributed by atoms with Gasteiger partial charge in [0.2, 0.25) is 5.91 Å². The molecule has 0 fully saturated rings. The molecule has 8 heteroatoms. The summed E-state index contributed by atoms with van der Waals surface area (Å²) in [5.41, 5.74) is 0.967. The Balaban J connectivity index is 1.75. The van der Waals surface area contributed by atoms with E-state index in [0.29, 0.717) is 17.1 Å². The molecule has 2 N–H and O–H groups in total. The Bertz CT molecular complexity index is 915. The first-order chi connectivity index (χ1) is 12.1. The number of aromatic amines is 1. The molecule has 0 spiro atoms. The Kier molecular flexibility index (Phi) is 5.30. The highest BCUT2D eigenvalue weighted by Gasteiger charge is 2.21. The van der Waals surface area contributed by atoms with E-state index in [4.69, 9.17) is 17.0 Å². The zero-order chi connectivity index (χ0) is 17.8.